The van der Waals surface area contributed by atoms with Gasteiger partial charge in [0.15, 0.2) is 0 Å². The number of thiazole rings is 1. The van der Waals surface area contributed by atoms with Crippen LogP contribution in [0.4, 0.5) is 0 Å². The minimum absolute atomic E-state index is 0.124. The van der Waals surface area contributed by atoms with Crippen molar-refractivity contribution in [3.05, 3.63) is 69.6 Å². The summed E-state index contributed by atoms with van der Waals surface area (Å²) >= 11 is 1.68. The molecule has 166 valence electrons. The highest BCUT2D eigenvalue weighted by atomic mass is 32.1. The van der Waals surface area contributed by atoms with E-state index in [0.29, 0.717) is 23.1 Å². The van der Waals surface area contributed by atoms with E-state index < -0.39 is 5.60 Å². The van der Waals surface area contributed by atoms with Gasteiger partial charge in [0.2, 0.25) is 0 Å². The van der Waals surface area contributed by atoms with Crippen molar-refractivity contribution in [1.29, 1.82) is 0 Å². The molecule has 6 heteroatoms. The van der Waals surface area contributed by atoms with E-state index >= 15 is 0 Å². The standard InChI is InChI=1S/C26H28N2O3S/c1-26(2,31)20-12-21-23(32-25(27-21)17-9-7-16(15-29)8-10-17)13-22(20)28-14-19-6-4-3-5-18(19)11-24(28)30/h3-6,11-14,16-17,29,31H,7-10,15H2,1-2H3. The molecule has 1 saturated carbocycles. The Kier molecular flexibility index (Phi) is 5.40. The number of benzene rings is 2. The zero-order valence-corrected chi connectivity index (χ0v) is 19.2. The fraction of sp³-hybridized carbons (Fsp3) is 0.385. The molecule has 0 bridgehead atoms. The number of rotatable bonds is 4. The molecule has 0 amide bonds. The third-order valence-electron chi connectivity index (χ3n) is 6.68. The summed E-state index contributed by atoms with van der Waals surface area (Å²) in [6.07, 6.45) is 6.00. The van der Waals surface area contributed by atoms with Gasteiger partial charge in [-0.2, -0.15) is 0 Å². The lowest BCUT2D eigenvalue weighted by molar-refractivity contribution is 0.0786. The smallest absolute Gasteiger partial charge is 0.255 e. The molecule has 0 unspecified atom stereocenters. The third kappa shape index (κ3) is 3.87. The van der Waals surface area contributed by atoms with Crippen molar-refractivity contribution < 1.29 is 10.2 Å². The minimum Gasteiger partial charge on any atom is -0.396 e. The van der Waals surface area contributed by atoms with Gasteiger partial charge < -0.3 is 10.2 Å². The van der Waals surface area contributed by atoms with Crippen LogP contribution in [0.25, 0.3) is 26.7 Å². The average molecular weight is 449 g/mol. The Morgan fingerprint density at radius 3 is 2.50 bits per heavy atom. The van der Waals surface area contributed by atoms with Crippen molar-refractivity contribution in [2.75, 3.05) is 6.61 Å². The number of aliphatic hydroxyl groups excluding tert-OH is 1. The van der Waals surface area contributed by atoms with Crippen LogP contribution in [0.3, 0.4) is 0 Å². The molecule has 0 radical (unpaired) electrons. The van der Waals surface area contributed by atoms with E-state index in [1.165, 1.54) is 0 Å². The molecule has 5 nitrogen and oxygen atoms in total. The molecule has 1 fully saturated rings. The first-order valence-corrected chi connectivity index (χ1v) is 12.0. The Morgan fingerprint density at radius 1 is 1.09 bits per heavy atom. The monoisotopic (exact) mass is 448 g/mol. The molecule has 5 rings (SSSR count). The largest absolute Gasteiger partial charge is 0.396 e. The van der Waals surface area contributed by atoms with Crippen LogP contribution in [0.5, 0.6) is 0 Å². The number of nitrogens with zero attached hydrogens (tertiary/aromatic N) is 2. The molecule has 0 spiro atoms. The highest BCUT2D eigenvalue weighted by Gasteiger charge is 2.27. The minimum atomic E-state index is -1.13. The normalized spacial score (nSPS) is 19.6. The van der Waals surface area contributed by atoms with Gasteiger partial charge in [-0.3, -0.25) is 9.36 Å². The second-order valence-corrected chi connectivity index (χ2v) is 10.5. The van der Waals surface area contributed by atoms with Gasteiger partial charge in [0.05, 0.1) is 26.5 Å². The average Bonchev–Trinajstić information content (AvgIpc) is 3.20. The van der Waals surface area contributed by atoms with Crippen molar-refractivity contribution >= 4 is 32.3 Å². The van der Waals surface area contributed by atoms with E-state index in [9.17, 15) is 15.0 Å². The predicted octanol–water partition coefficient (Wildman–Crippen LogP) is 5.09. The van der Waals surface area contributed by atoms with Crippen molar-refractivity contribution in [3.8, 4) is 5.69 Å². The van der Waals surface area contributed by atoms with Crippen LogP contribution in [0, 0.1) is 5.92 Å². The first-order chi connectivity index (χ1) is 15.3. The van der Waals surface area contributed by atoms with Crippen molar-refractivity contribution in [2.24, 2.45) is 5.92 Å². The SMILES string of the molecule is CC(C)(O)c1cc2nc(C3CCC(CO)CC3)sc2cc1-n1cc2ccccc2cc1=O. The number of hydrogen-bond donors (Lipinski definition) is 2. The van der Waals surface area contributed by atoms with Crippen LogP contribution in [0.15, 0.2) is 53.5 Å². The number of hydrogen-bond acceptors (Lipinski definition) is 5. The van der Waals surface area contributed by atoms with E-state index in [1.54, 1.807) is 35.8 Å². The summed E-state index contributed by atoms with van der Waals surface area (Å²) in [4.78, 5) is 17.9. The number of pyridine rings is 1. The molecule has 0 saturated heterocycles. The maximum Gasteiger partial charge on any atom is 0.255 e. The summed E-state index contributed by atoms with van der Waals surface area (Å²) in [6.45, 7) is 3.76. The first kappa shape index (κ1) is 21.3. The topological polar surface area (TPSA) is 75.4 Å². The van der Waals surface area contributed by atoms with Gasteiger partial charge in [-0.25, -0.2) is 4.98 Å². The molecule has 1 aliphatic carbocycles. The maximum absolute atomic E-state index is 13.0. The first-order valence-electron chi connectivity index (χ1n) is 11.2. The molecule has 2 aromatic heterocycles. The molecule has 1 aliphatic rings. The van der Waals surface area contributed by atoms with Crippen molar-refractivity contribution in [3.63, 3.8) is 0 Å². The highest BCUT2D eigenvalue weighted by Crippen LogP contribution is 2.40. The molecular weight excluding hydrogens is 420 g/mol. The fourth-order valence-corrected chi connectivity index (χ4v) is 5.94. The Morgan fingerprint density at radius 2 is 1.81 bits per heavy atom. The van der Waals surface area contributed by atoms with Gasteiger partial charge >= 0.3 is 0 Å². The van der Waals surface area contributed by atoms with Crippen LogP contribution in [0.2, 0.25) is 0 Å². The van der Waals surface area contributed by atoms with Gasteiger partial charge in [-0.15, -0.1) is 11.3 Å². The molecule has 2 aromatic carbocycles. The number of fused-ring (bicyclic) bond motifs is 2. The quantitative estimate of drug-likeness (QED) is 0.456. The van der Waals surface area contributed by atoms with Gasteiger partial charge in [0.25, 0.3) is 5.56 Å². The van der Waals surface area contributed by atoms with Gasteiger partial charge in [-0.1, -0.05) is 24.3 Å². The summed E-state index contributed by atoms with van der Waals surface area (Å²) < 4.78 is 2.66. The lowest BCUT2D eigenvalue weighted by Crippen LogP contribution is -2.23. The van der Waals surface area contributed by atoms with Crippen LogP contribution in [-0.4, -0.2) is 26.4 Å². The predicted molar refractivity (Wildman–Crippen MR) is 130 cm³/mol. The lowest BCUT2D eigenvalue weighted by atomic mass is 9.83. The van der Waals surface area contributed by atoms with Gasteiger partial charge in [0.1, 0.15) is 0 Å². The molecule has 4 aromatic rings. The second-order valence-electron chi connectivity index (χ2n) is 9.46. The Bertz CT molecular complexity index is 1340. The summed E-state index contributed by atoms with van der Waals surface area (Å²) in [5.74, 6) is 0.821. The number of aliphatic hydroxyl groups is 2. The van der Waals surface area contributed by atoms with E-state index in [-0.39, 0.29) is 12.2 Å². The summed E-state index contributed by atoms with van der Waals surface area (Å²) in [5, 5.41) is 23.4. The van der Waals surface area contributed by atoms with Crippen molar-refractivity contribution in [1.82, 2.24) is 9.55 Å². The van der Waals surface area contributed by atoms with Crippen molar-refractivity contribution in [2.45, 2.75) is 51.0 Å². The molecular formula is C26H28N2O3S. The molecule has 0 aliphatic heterocycles. The highest BCUT2D eigenvalue weighted by molar-refractivity contribution is 7.18. The summed E-state index contributed by atoms with van der Waals surface area (Å²) in [5.41, 5.74) is 0.991. The Balaban J connectivity index is 1.64. The number of aromatic nitrogens is 2. The lowest BCUT2D eigenvalue weighted by Gasteiger charge is -2.25. The van der Waals surface area contributed by atoms with Gasteiger partial charge in [0, 0.05) is 30.4 Å². The van der Waals surface area contributed by atoms with E-state index in [4.69, 9.17) is 4.98 Å². The second kappa shape index (κ2) is 8.10. The summed E-state index contributed by atoms with van der Waals surface area (Å²) in [6, 6.07) is 13.4. The van der Waals surface area contributed by atoms with E-state index in [0.717, 1.165) is 51.7 Å². The zero-order chi connectivity index (χ0) is 22.5. The Labute approximate surface area is 191 Å². The Hall–Kier alpha value is -2.54. The van der Waals surface area contributed by atoms with Crippen LogP contribution in [0.1, 0.15) is 56.0 Å². The third-order valence-corrected chi connectivity index (χ3v) is 7.86. The molecule has 32 heavy (non-hydrogen) atoms. The van der Waals surface area contributed by atoms with Gasteiger partial charge in [-0.05, 0) is 68.4 Å². The zero-order valence-electron chi connectivity index (χ0n) is 18.4. The fourth-order valence-electron chi connectivity index (χ4n) is 4.79. The van der Waals surface area contributed by atoms with E-state index in [1.807, 2.05) is 42.6 Å². The van der Waals surface area contributed by atoms with E-state index in [2.05, 4.69) is 0 Å². The molecule has 2 heterocycles. The molecule has 2 N–H and O–H groups in total. The molecule has 0 atom stereocenters. The van der Waals surface area contributed by atoms with Crippen LogP contribution < -0.4 is 5.56 Å². The maximum atomic E-state index is 13.0. The van der Waals surface area contributed by atoms with Crippen LogP contribution in [-0.2, 0) is 5.60 Å². The van der Waals surface area contributed by atoms with Crippen LogP contribution >= 0.6 is 11.3 Å². The summed E-state index contributed by atoms with van der Waals surface area (Å²) in [7, 11) is 0.